The van der Waals surface area contributed by atoms with E-state index in [1.54, 1.807) is 27.7 Å². The first-order valence-corrected chi connectivity index (χ1v) is 52.1. The molecule has 13 unspecified atom stereocenters. The van der Waals surface area contributed by atoms with Crippen LogP contribution in [0.15, 0.2) is 97.1 Å². The fraction of sp³-hybridized carbons (Fsp3) is 0.688. The van der Waals surface area contributed by atoms with Gasteiger partial charge in [0.25, 0.3) is 0 Å². The van der Waals surface area contributed by atoms with E-state index in [1.807, 2.05) is 91.8 Å². The number of alkyl carbamates (subject to hydrolysis) is 1. The smallest absolute Gasteiger partial charge is 0.407 e. The molecule has 0 spiro atoms. The number of Topliss-reactive ketones (excluding diaryl/α,β-unsaturated/α-hetero) is 5. The Labute approximate surface area is 840 Å². The molecule has 4 aliphatic heterocycles. The molecule has 0 radical (unpaired) electrons. The van der Waals surface area contributed by atoms with Crippen LogP contribution in [0.2, 0.25) is 0 Å². The summed E-state index contributed by atoms with van der Waals surface area (Å²) < 4.78 is 68.9. The molecule has 4 saturated heterocycles. The van der Waals surface area contributed by atoms with Gasteiger partial charge in [-0.2, -0.15) is 0 Å². The molecule has 4 heterocycles. The molecule has 0 bridgehead atoms. The summed E-state index contributed by atoms with van der Waals surface area (Å²) in [5.41, 5.74) is 9.56. The van der Waals surface area contributed by atoms with E-state index >= 15 is 0 Å². The zero-order valence-electron chi connectivity index (χ0n) is 89.3. The van der Waals surface area contributed by atoms with Crippen molar-refractivity contribution in [3.63, 3.8) is 0 Å². The first-order chi connectivity index (χ1) is 67.1. The molecule has 141 heavy (non-hydrogen) atoms. The lowest BCUT2D eigenvalue weighted by molar-refractivity contribution is -0.280. The number of fused-ring (bicyclic) bond motifs is 6. The molecule has 6 N–H and O–H groups in total. The number of ketones is 5. The second-order valence-electron chi connectivity index (χ2n) is 39.2. The molecule has 792 valence electrons. The van der Waals surface area contributed by atoms with Crippen LogP contribution in [0.1, 0.15) is 298 Å². The summed E-state index contributed by atoms with van der Waals surface area (Å²) >= 11 is 0. The molecule has 0 saturated carbocycles. The van der Waals surface area contributed by atoms with Crippen molar-refractivity contribution in [3.05, 3.63) is 119 Å². The van der Waals surface area contributed by atoms with Gasteiger partial charge in [0.15, 0.2) is 54.1 Å². The number of amides is 3. The molecule has 29 nitrogen and oxygen atoms in total. The predicted molar refractivity (Wildman–Crippen MR) is 541 cm³/mol. The second kappa shape index (κ2) is 63.0. The topological polar surface area (TPSA) is 395 Å². The molecule has 2 aliphatic carbocycles. The third kappa shape index (κ3) is 36.5. The van der Waals surface area contributed by atoms with Gasteiger partial charge < -0.3 is 88.1 Å². The van der Waals surface area contributed by atoms with Crippen molar-refractivity contribution in [2.75, 3.05) is 59.3 Å². The van der Waals surface area contributed by atoms with Crippen molar-refractivity contribution >= 4 is 64.7 Å². The lowest BCUT2D eigenvalue weighted by Gasteiger charge is -2.44. The Hall–Kier alpha value is -8.59. The van der Waals surface area contributed by atoms with E-state index in [-0.39, 0.29) is 176 Å². The molecule has 0 aromatic heterocycles. The van der Waals surface area contributed by atoms with Crippen molar-refractivity contribution < 1.29 is 125 Å². The molecule has 4 fully saturated rings. The third-order valence-corrected chi connectivity index (χ3v) is 29.1. The van der Waals surface area contributed by atoms with Gasteiger partial charge in [-0.25, -0.2) is 4.79 Å². The van der Waals surface area contributed by atoms with Gasteiger partial charge in [0.1, 0.15) is 57.4 Å². The van der Waals surface area contributed by atoms with Crippen LogP contribution in [-0.2, 0) is 105 Å². The normalized spacial score (nSPS) is 26.2. The Morgan fingerprint density at radius 1 is 0.411 bits per heavy atom. The zero-order valence-corrected chi connectivity index (χ0v) is 89.3. The lowest BCUT2D eigenvalue weighted by atomic mass is 9.78. The number of carbonyl (C=O) groups excluding carboxylic acids is 11. The monoisotopic (exact) mass is 1980 g/mol. The van der Waals surface area contributed by atoms with Crippen molar-refractivity contribution in [1.82, 2.24) is 16.0 Å². The largest absolute Gasteiger partial charge is 0.465 e. The van der Waals surface area contributed by atoms with Gasteiger partial charge in [0.2, 0.25) is 11.8 Å². The highest BCUT2D eigenvalue weighted by molar-refractivity contribution is 5.94. The van der Waals surface area contributed by atoms with E-state index in [2.05, 4.69) is 160 Å². The number of hydrogen-bond donors (Lipinski definition) is 6. The maximum atomic E-state index is 13.2. The number of aliphatic hydroxyl groups is 3. The molecule has 29 heteroatoms. The van der Waals surface area contributed by atoms with Gasteiger partial charge in [0.05, 0.1) is 50.2 Å². The van der Waals surface area contributed by atoms with Crippen LogP contribution in [0.5, 0.6) is 0 Å². The summed E-state index contributed by atoms with van der Waals surface area (Å²) in [6, 6.07) is 32.1. The van der Waals surface area contributed by atoms with Gasteiger partial charge in [-0.3, -0.25) is 47.9 Å². The van der Waals surface area contributed by atoms with Crippen LogP contribution < -0.4 is 16.0 Å². The zero-order chi connectivity index (χ0) is 105. The average Bonchev–Trinajstić information content (AvgIpc) is 1.62. The molecule has 10 rings (SSSR count). The second-order valence-corrected chi connectivity index (χ2v) is 39.2. The minimum absolute atomic E-state index is 0.00115. The first-order valence-electron chi connectivity index (χ1n) is 52.1. The van der Waals surface area contributed by atoms with Crippen LogP contribution in [0.4, 0.5) is 4.79 Å². The highest BCUT2D eigenvalue weighted by atomic mass is 16.7. The van der Waals surface area contributed by atoms with E-state index in [9.17, 15) is 68.1 Å². The Kier molecular flexibility index (Phi) is 54.9. The van der Waals surface area contributed by atoms with Crippen LogP contribution in [0, 0.1) is 82.9 Å². The molecule has 4 aromatic rings. The third-order valence-electron chi connectivity index (χ3n) is 29.1. The van der Waals surface area contributed by atoms with Gasteiger partial charge in [-0.1, -0.05) is 263 Å². The highest BCUT2D eigenvalue weighted by Crippen LogP contribution is 2.47. The summed E-state index contributed by atoms with van der Waals surface area (Å²) in [5.74, 6) is -0.965. The van der Waals surface area contributed by atoms with E-state index in [0.29, 0.717) is 94.4 Å². The minimum Gasteiger partial charge on any atom is -0.465 e. The number of benzene rings is 4. The van der Waals surface area contributed by atoms with E-state index in [4.69, 9.17) is 56.8 Å². The Bertz CT molecular complexity index is 4410. The molecule has 6 aliphatic rings. The Morgan fingerprint density at radius 3 is 1.21 bits per heavy atom. The van der Waals surface area contributed by atoms with Crippen molar-refractivity contribution in [2.24, 2.45) is 82.9 Å². The summed E-state index contributed by atoms with van der Waals surface area (Å²) in [4.78, 5) is 134. The van der Waals surface area contributed by atoms with Crippen molar-refractivity contribution in [3.8, 4) is 22.3 Å². The molecular formula is C112H173N3O26. The lowest BCUT2D eigenvalue weighted by Crippen LogP contribution is -2.55. The molecule has 4 aromatic carbocycles. The fourth-order valence-corrected chi connectivity index (χ4v) is 18.3. The van der Waals surface area contributed by atoms with Gasteiger partial charge in [0, 0.05) is 105 Å². The summed E-state index contributed by atoms with van der Waals surface area (Å²) in [6.07, 6.45) is -0.176. The van der Waals surface area contributed by atoms with E-state index < -0.39 is 85.9 Å². The highest BCUT2D eigenvalue weighted by Gasteiger charge is 2.47. The fourth-order valence-electron chi connectivity index (χ4n) is 18.3. The predicted octanol–water partition coefficient (Wildman–Crippen LogP) is 18.0. The maximum absolute atomic E-state index is 13.2. The van der Waals surface area contributed by atoms with Gasteiger partial charge in [-0.05, 0) is 138 Å². The number of carbonyl (C=O) groups is 11. The average molecular weight is 1980 g/mol. The van der Waals surface area contributed by atoms with Crippen LogP contribution in [0.3, 0.4) is 0 Å². The quantitative estimate of drug-likeness (QED) is 0.0177. The molecule has 3 amide bonds. The van der Waals surface area contributed by atoms with Crippen LogP contribution in [-0.4, -0.2) is 219 Å². The number of aliphatic hydroxyl groups excluding tert-OH is 3. The number of rotatable bonds is 44. The number of nitrogens with one attached hydrogen (secondary N) is 3. The van der Waals surface area contributed by atoms with E-state index in [0.717, 1.165) is 41.5 Å². The van der Waals surface area contributed by atoms with Gasteiger partial charge >= 0.3 is 24.0 Å². The van der Waals surface area contributed by atoms with Crippen LogP contribution >= 0.6 is 0 Å². The van der Waals surface area contributed by atoms with Crippen molar-refractivity contribution in [2.45, 2.75) is 355 Å². The summed E-state index contributed by atoms with van der Waals surface area (Å²) in [6.45, 7) is 51.5. The Morgan fingerprint density at radius 2 is 0.809 bits per heavy atom. The standard InChI is InChI=1S/C33H43NO7.C25H45NO5.C20H35NO8.C17H16O2.C14H26O4.C3H8/c1-7-12-29(36)31(22(5)40-32-21(4)19(2)20(3)30(41-32)18-38-23(6)35)34-33(37)39-17-28-26-15-10-8-13-24(26)25-14-9-11-16-27(25)28;1-9-15(5)24(29)26-14-20(27)13-19(10-2)23(28)22(12-4)31-25-18(8)16(6)17(7)21(11-3)30-25;1-5-11(3)19(27)21-8-14(23)7-13(6-2)15(24)10-28-20-12(4)17(25)18(26)16(9-22)29-20;1-2-17(18)19-11-16-14-9-5-3-7-12(14)13-8-4-6-10-15(13)16;1-6-7-16-14-11(4)9(2)10(3)13(18-14)8-17-12(5)15;1-3-2/h8-11,13-16,19-22,28,30-32H,7,12,17-18H2,1-6H3,(H,34,37);15-19,21-22,25H,9-14H2,1-8H3,(H,26,29);11-13,16-18,20,22,25-26H,5-10H2,1-4H3,(H,21,27);3-10,16H,2,11H2,1H3;9-11,13-14H,6-8H2,1-5H3;3H2,1-2H3/t19-,20+,21?,22+,30?,31-,32-;15?,16-,17+,18?,19?,21?,22?,25+;11?,12?,13?,16?,17-,18+,20+;;9-,10+,11?,13?,14-;/m001.0./s1. The number of ether oxygens (including phenoxy) is 12. The molecule has 27 atom stereocenters. The minimum atomic E-state index is -1.24. The van der Waals surface area contributed by atoms with Crippen molar-refractivity contribution in [1.29, 1.82) is 0 Å². The SMILES string of the molecule is CCC.CCC(=O)OCC1c2ccccc2-c2ccccc21.CCC(C)C(=O)NCC(=O)CC(CC)C(=O)C(CC)O[C@H]1OC(CC)[C@H](C)[C@H](C)C1C.CCC(C)C(=O)NCC(=O)CC(CC)C(=O)CO[C@H]1OC(CO)[C@H](O)[C@H](O)C1C.CCCC(=O)[C@@H](NC(=O)OCC1c2ccccc2-c2ccccc21)[C@@H](C)O[C@H]1OC(COC(C)=O)[C@H](C)[C@H](C)C1C.CCCO[C@H]1OC(COC(C)=O)[C@H](C)[C@H](C)C1C. The summed E-state index contributed by atoms with van der Waals surface area (Å²) in [5, 5.41) is 37.2. The number of hydrogen-bond acceptors (Lipinski definition) is 26. The van der Waals surface area contributed by atoms with E-state index in [1.165, 1.54) is 42.5 Å². The Balaban J connectivity index is 0.000000317. The maximum Gasteiger partial charge on any atom is 0.407 e. The van der Waals surface area contributed by atoms with Gasteiger partial charge in [-0.15, -0.1) is 0 Å². The first kappa shape index (κ1) is 123. The van der Waals surface area contributed by atoms with Crippen LogP contribution in [0.25, 0.3) is 22.3 Å². The number of esters is 3. The molecular weight excluding hydrogens is 1800 g/mol. The summed E-state index contributed by atoms with van der Waals surface area (Å²) in [7, 11) is 0.